The Morgan fingerprint density at radius 3 is 2.15 bits per heavy atom. The Labute approximate surface area is 79.6 Å². The Balaban J connectivity index is 1.83. The summed E-state index contributed by atoms with van der Waals surface area (Å²) in [5.41, 5.74) is 0. The lowest BCUT2D eigenvalue weighted by Gasteiger charge is -2.39. The van der Waals surface area contributed by atoms with Crippen molar-refractivity contribution in [2.24, 2.45) is 11.8 Å². The molecule has 0 radical (unpaired) electrons. The van der Waals surface area contributed by atoms with Crippen molar-refractivity contribution < 1.29 is 9.47 Å². The first-order valence-electron chi connectivity index (χ1n) is 5.57. The Morgan fingerprint density at radius 2 is 1.69 bits per heavy atom. The van der Waals surface area contributed by atoms with Gasteiger partial charge >= 0.3 is 0 Å². The van der Waals surface area contributed by atoms with Crippen LogP contribution in [0.3, 0.4) is 0 Å². The Morgan fingerprint density at radius 1 is 1.00 bits per heavy atom. The number of ether oxygens (including phenoxy) is 2. The Hall–Kier alpha value is -0.0800. The molecule has 1 saturated heterocycles. The highest BCUT2D eigenvalue weighted by atomic mass is 16.8. The lowest BCUT2D eigenvalue weighted by atomic mass is 9.74. The molecule has 2 saturated carbocycles. The highest BCUT2D eigenvalue weighted by Gasteiger charge is 2.59. The van der Waals surface area contributed by atoms with E-state index < -0.39 is 0 Å². The highest BCUT2D eigenvalue weighted by Crippen LogP contribution is 2.57. The van der Waals surface area contributed by atoms with Gasteiger partial charge in [0.25, 0.3) is 0 Å². The van der Waals surface area contributed by atoms with Gasteiger partial charge in [0, 0.05) is 12.3 Å². The summed E-state index contributed by atoms with van der Waals surface area (Å²) in [7, 11) is 0. The maximum Gasteiger partial charge on any atom is 0.172 e. The second kappa shape index (κ2) is 2.48. The zero-order chi connectivity index (χ0) is 9.05. The van der Waals surface area contributed by atoms with Gasteiger partial charge in [-0.15, -0.1) is 0 Å². The fourth-order valence-corrected chi connectivity index (χ4v) is 3.21. The van der Waals surface area contributed by atoms with Crippen LogP contribution in [0, 0.1) is 11.8 Å². The van der Waals surface area contributed by atoms with E-state index in [9.17, 15) is 0 Å². The average molecular weight is 182 g/mol. The maximum atomic E-state index is 6.03. The van der Waals surface area contributed by atoms with E-state index in [4.69, 9.17) is 9.47 Å². The topological polar surface area (TPSA) is 18.5 Å². The van der Waals surface area contributed by atoms with Crippen LogP contribution in [0.5, 0.6) is 0 Å². The second-order valence-corrected chi connectivity index (χ2v) is 4.94. The molecule has 0 bridgehead atoms. The molecule has 0 N–H and O–H groups in total. The molecule has 2 aliphatic carbocycles. The molecule has 1 spiro atoms. The van der Waals surface area contributed by atoms with Crippen LogP contribution in [0.1, 0.15) is 39.5 Å². The summed E-state index contributed by atoms with van der Waals surface area (Å²) in [4.78, 5) is 0. The lowest BCUT2D eigenvalue weighted by molar-refractivity contribution is -0.214. The molecule has 2 heteroatoms. The second-order valence-electron chi connectivity index (χ2n) is 4.94. The Bertz CT molecular complexity index is 216. The van der Waals surface area contributed by atoms with Crippen molar-refractivity contribution in [3.63, 3.8) is 0 Å². The summed E-state index contributed by atoms with van der Waals surface area (Å²) in [6.07, 6.45) is 5.77. The van der Waals surface area contributed by atoms with E-state index in [1.807, 2.05) is 0 Å². The predicted molar refractivity (Wildman–Crippen MR) is 49.3 cm³/mol. The summed E-state index contributed by atoms with van der Waals surface area (Å²) in [5, 5.41) is 0. The van der Waals surface area contributed by atoms with E-state index in [1.165, 1.54) is 19.3 Å². The molecule has 3 rings (SSSR count). The van der Waals surface area contributed by atoms with Crippen molar-refractivity contribution in [1.29, 1.82) is 0 Å². The summed E-state index contributed by atoms with van der Waals surface area (Å²) < 4.78 is 12.1. The van der Waals surface area contributed by atoms with Gasteiger partial charge in [0.1, 0.15) is 0 Å². The largest absolute Gasteiger partial charge is 0.344 e. The molecule has 0 amide bonds. The van der Waals surface area contributed by atoms with Crippen LogP contribution in [0.25, 0.3) is 0 Å². The van der Waals surface area contributed by atoms with Crippen LogP contribution in [0.4, 0.5) is 0 Å². The van der Waals surface area contributed by atoms with Crippen molar-refractivity contribution in [1.82, 2.24) is 0 Å². The predicted octanol–water partition coefficient (Wildman–Crippen LogP) is 2.33. The van der Waals surface area contributed by atoms with Crippen LogP contribution in [-0.4, -0.2) is 18.0 Å². The first kappa shape index (κ1) is 8.25. The summed E-state index contributed by atoms with van der Waals surface area (Å²) >= 11 is 0. The number of hydrogen-bond donors (Lipinski definition) is 0. The lowest BCUT2D eigenvalue weighted by Crippen LogP contribution is -2.41. The number of fused-ring (bicyclic) bond motifs is 2. The SMILES string of the molecule is CC1OC2(CCC3CCC32)OC1C. The standard InChI is InChI=1S/C11H18O2/c1-7-8(2)13-11(12-7)6-5-9-3-4-10(9)11/h7-10H,3-6H2,1-2H3. The zero-order valence-electron chi connectivity index (χ0n) is 8.45. The number of hydrogen-bond acceptors (Lipinski definition) is 2. The molecular formula is C11H18O2. The minimum absolute atomic E-state index is 0.151. The smallest absolute Gasteiger partial charge is 0.172 e. The molecule has 74 valence electrons. The number of rotatable bonds is 0. The Kier molecular flexibility index (Phi) is 1.58. The molecule has 2 nitrogen and oxygen atoms in total. The normalized spacial score (nSPS) is 59.5. The third-order valence-corrected chi connectivity index (χ3v) is 4.28. The van der Waals surface area contributed by atoms with Crippen molar-refractivity contribution in [2.45, 2.75) is 57.5 Å². The quantitative estimate of drug-likeness (QED) is 0.572. The van der Waals surface area contributed by atoms with Gasteiger partial charge in [0.15, 0.2) is 5.79 Å². The highest BCUT2D eigenvalue weighted by molar-refractivity contribution is 5.01. The minimum atomic E-state index is -0.151. The van der Waals surface area contributed by atoms with Crippen LogP contribution in [-0.2, 0) is 9.47 Å². The molecule has 3 fully saturated rings. The van der Waals surface area contributed by atoms with Gasteiger partial charge in [-0.2, -0.15) is 0 Å². The van der Waals surface area contributed by atoms with Crippen LogP contribution < -0.4 is 0 Å². The molecule has 1 aliphatic heterocycles. The third kappa shape index (κ3) is 0.962. The van der Waals surface area contributed by atoms with E-state index in [2.05, 4.69) is 13.8 Å². The molecule has 1 heterocycles. The van der Waals surface area contributed by atoms with Crippen molar-refractivity contribution >= 4 is 0 Å². The van der Waals surface area contributed by atoms with E-state index >= 15 is 0 Å². The van der Waals surface area contributed by atoms with Crippen molar-refractivity contribution in [3.8, 4) is 0 Å². The fraction of sp³-hybridized carbons (Fsp3) is 1.00. The molecule has 0 aromatic rings. The van der Waals surface area contributed by atoms with Crippen molar-refractivity contribution in [3.05, 3.63) is 0 Å². The van der Waals surface area contributed by atoms with Crippen molar-refractivity contribution in [2.75, 3.05) is 0 Å². The molecular weight excluding hydrogens is 164 g/mol. The maximum absolute atomic E-state index is 6.03. The van der Waals surface area contributed by atoms with Gasteiger partial charge in [0.2, 0.25) is 0 Å². The minimum Gasteiger partial charge on any atom is -0.344 e. The van der Waals surface area contributed by atoms with Crippen LogP contribution in [0.2, 0.25) is 0 Å². The molecule has 13 heavy (non-hydrogen) atoms. The van der Waals surface area contributed by atoms with Gasteiger partial charge in [-0.25, -0.2) is 0 Å². The first-order chi connectivity index (χ1) is 6.21. The average Bonchev–Trinajstić information content (AvgIpc) is 2.36. The summed E-state index contributed by atoms with van der Waals surface area (Å²) in [5.74, 6) is 1.49. The van der Waals surface area contributed by atoms with Gasteiger partial charge < -0.3 is 9.47 Å². The van der Waals surface area contributed by atoms with E-state index in [1.54, 1.807) is 0 Å². The van der Waals surface area contributed by atoms with Gasteiger partial charge in [0.05, 0.1) is 12.2 Å². The molecule has 4 unspecified atom stereocenters. The zero-order valence-corrected chi connectivity index (χ0v) is 8.45. The molecule has 0 aromatic carbocycles. The molecule has 0 aromatic heterocycles. The van der Waals surface area contributed by atoms with E-state index in [0.29, 0.717) is 12.2 Å². The third-order valence-electron chi connectivity index (χ3n) is 4.28. The van der Waals surface area contributed by atoms with Crippen LogP contribution in [0.15, 0.2) is 0 Å². The van der Waals surface area contributed by atoms with Gasteiger partial charge in [-0.1, -0.05) is 0 Å². The summed E-state index contributed by atoms with van der Waals surface area (Å²) in [6.45, 7) is 4.26. The van der Waals surface area contributed by atoms with Gasteiger partial charge in [-0.3, -0.25) is 0 Å². The fourth-order valence-electron chi connectivity index (χ4n) is 3.21. The van der Waals surface area contributed by atoms with Gasteiger partial charge in [-0.05, 0) is 39.0 Å². The summed E-state index contributed by atoms with van der Waals surface area (Å²) in [6, 6.07) is 0. The first-order valence-corrected chi connectivity index (χ1v) is 5.57. The molecule has 4 atom stereocenters. The monoisotopic (exact) mass is 182 g/mol. The van der Waals surface area contributed by atoms with E-state index in [0.717, 1.165) is 18.3 Å². The van der Waals surface area contributed by atoms with E-state index in [-0.39, 0.29) is 5.79 Å². The van der Waals surface area contributed by atoms with Crippen LogP contribution >= 0.6 is 0 Å². The molecule has 3 aliphatic rings.